The molecule has 2 aliphatic carbocycles. The van der Waals surface area contributed by atoms with Gasteiger partial charge >= 0.3 is 5.97 Å². The number of hydrogen-bond acceptors (Lipinski definition) is 3. The summed E-state index contributed by atoms with van der Waals surface area (Å²) in [7, 11) is 0. The number of fused-ring (bicyclic) bond motifs is 2. The highest BCUT2D eigenvalue weighted by Gasteiger charge is 2.37. The number of ketones is 1. The van der Waals surface area contributed by atoms with E-state index in [1.54, 1.807) is 0 Å². The number of aliphatic carboxylic acids is 1. The van der Waals surface area contributed by atoms with E-state index in [1.165, 1.54) is 0 Å². The summed E-state index contributed by atoms with van der Waals surface area (Å²) >= 11 is 3.42. The molecule has 0 saturated heterocycles. The van der Waals surface area contributed by atoms with Crippen molar-refractivity contribution in [3.05, 3.63) is 75.3 Å². The predicted molar refractivity (Wildman–Crippen MR) is 122 cm³/mol. The van der Waals surface area contributed by atoms with Gasteiger partial charge in [0, 0.05) is 22.0 Å². The summed E-state index contributed by atoms with van der Waals surface area (Å²) in [6.45, 7) is 4.46. The third kappa shape index (κ3) is 4.04. The van der Waals surface area contributed by atoms with Crippen LogP contribution >= 0.6 is 15.9 Å². The van der Waals surface area contributed by atoms with Crippen LogP contribution in [0.5, 0.6) is 0 Å². The smallest absolute Gasteiger partial charge is 0.328 e. The molecule has 30 heavy (non-hydrogen) atoms. The molecule has 0 spiro atoms. The van der Waals surface area contributed by atoms with Crippen molar-refractivity contribution >= 4 is 39.0 Å². The van der Waals surface area contributed by atoms with Crippen LogP contribution in [0.2, 0.25) is 0 Å². The third-order valence-electron chi connectivity index (χ3n) is 5.96. The maximum Gasteiger partial charge on any atom is 0.328 e. The molecule has 2 aromatic carbocycles. The number of benzene rings is 2. The highest BCUT2D eigenvalue weighted by Crippen LogP contribution is 2.46. The Kier molecular flexibility index (Phi) is 5.49. The number of carbonyl (C=O) groups excluding carboxylic acids is 1. The molecular weight excluding hydrogens is 442 g/mol. The third-order valence-corrected chi connectivity index (χ3v) is 6.45. The Morgan fingerprint density at radius 3 is 2.57 bits per heavy atom. The first-order chi connectivity index (χ1) is 14.2. The van der Waals surface area contributed by atoms with Gasteiger partial charge in [-0.2, -0.15) is 0 Å². The van der Waals surface area contributed by atoms with Gasteiger partial charge in [-0.25, -0.2) is 4.79 Å². The number of hydrogen-bond donors (Lipinski definition) is 1. The normalized spacial score (nSPS) is 20.0. The quantitative estimate of drug-likeness (QED) is 0.649. The Bertz CT molecular complexity index is 1100. The molecule has 2 aromatic rings. The molecule has 4 nitrogen and oxygen atoms in total. The first-order valence-corrected chi connectivity index (χ1v) is 11.0. The summed E-state index contributed by atoms with van der Waals surface area (Å²) in [6.07, 6.45) is 2.72. The highest BCUT2D eigenvalue weighted by atomic mass is 79.9. The van der Waals surface area contributed by atoms with E-state index >= 15 is 0 Å². The van der Waals surface area contributed by atoms with E-state index in [4.69, 9.17) is 0 Å². The van der Waals surface area contributed by atoms with Crippen molar-refractivity contribution in [1.29, 1.82) is 0 Å². The molecule has 0 bridgehead atoms. The molecule has 1 unspecified atom stereocenters. The molecule has 0 saturated carbocycles. The van der Waals surface area contributed by atoms with E-state index in [1.807, 2.05) is 48.5 Å². The Labute approximate surface area is 184 Å². The van der Waals surface area contributed by atoms with Crippen LogP contribution in [-0.2, 0) is 16.0 Å². The van der Waals surface area contributed by atoms with Crippen LogP contribution in [-0.4, -0.2) is 28.6 Å². The number of nitrogens with zero attached hydrogens (tertiary/aromatic N) is 1. The molecule has 0 aliphatic heterocycles. The molecule has 4 rings (SSSR count). The van der Waals surface area contributed by atoms with Crippen molar-refractivity contribution in [1.82, 2.24) is 0 Å². The number of halogens is 1. The molecule has 5 heteroatoms. The lowest BCUT2D eigenvalue weighted by Crippen LogP contribution is -2.32. The van der Waals surface area contributed by atoms with E-state index in [9.17, 15) is 14.7 Å². The van der Waals surface area contributed by atoms with Crippen molar-refractivity contribution in [2.24, 2.45) is 10.4 Å². The summed E-state index contributed by atoms with van der Waals surface area (Å²) in [5.74, 6) is -1.14. The molecule has 0 fully saturated rings. The number of aliphatic imine (C=N–C) groups is 1. The number of Topliss-reactive ketones (excluding diaryl/α,β-unsaturated/α-hetero) is 1. The Balaban J connectivity index is 1.78. The van der Waals surface area contributed by atoms with Gasteiger partial charge < -0.3 is 5.11 Å². The molecule has 154 valence electrons. The van der Waals surface area contributed by atoms with E-state index in [-0.39, 0.29) is 23.3 Å². The first kappa shape index (κ1) is 20.7. The fourth-order valence-electron chi connectivity index (χ4n) is 4.37. The molecule has 1 N–H and O–H groups in total. The van der Waals surface area contributed by atoms with E-state index in [0.717, 1.165) is 45.2 Å². The minimum Gasteiger partial charge on any atom is -0.480 e. The van der Waals surface area contributed by atoms with Gasteiger partial charge in [0.05, 0.1) is 0 Å². The van der Waals surface area contributed by atoms with Crippen LogP contribution in [0.25, 0.3) is 5.57 Å². The zero-order valence-electron chi connectivity index (χ0n) is 17.1. The number of carbonyl (C=O) groups is 2. The lowest BCUT2D eigenvalue weighted by molar-refractivity contribution is -0.138. The minimum atomic E-state index is -1.03. The van der Waals surface area contributed by atoms with E-state index < -0.39 is 12.0 Å². The molecule has 0 heterocycles. The average molecular weight is 466 g/mol. The van der Waals surface area contributed by atoms with Crippen LogP contribution < -0.4 is 0 Å². The summed E-state index contributed by atoms with van der Waals surface area (Å²) in [5.41, 5.74) is 4.96. The average Bonchev–Trinajstić information content (AvgIpc) is 2.69. The summed E-state index contributed by atoms with van der Waals surface area (Å²) in [5, 5.41) is 9.83. The topological polar surface area (TPSA) is 66.7 Å². The summed E-state index contributed by atoms with van der Waals surface area (Å²) in [6, 6.07) is 14.3. The lowest BCUT2D eigenvalue weighted by atomic mass is 9.68. The highest BCUT2D eigenvalue weighted by molar-refractivity contribution is 9.10. The number of allylic oxidation sites excluding steroid dienone is 2. The van der Waals surface area contributed by atoms with Gasteiger partial charge in [-0.1, -0.05) is 66.2 Å². The fourth-order valence-corrected chi connectivity index (χ4v) is 4.82. The molecule has 2 aliphatic rings. The van der Waals surface area contributed by atoms with Crippen LogP contribution in [0.3, 0.4) is 0 Å². The van der Waals surface area contributed by atoms with Gasteiger partial charge in [0.25, 0.3) is 0 Å². The summed E-state index contributed by atoms with van der Waals surface area (Å²) < 4.78 is 0.885. The van der Waals surface area contributed by atoms with Gasteiger partial charge in [-0.05, 0) is 53.5 Å². The van der Waals surface area contributed by atoms with Gasteiger partial charge in [0.15, 0.2) is 6.04 Å². The van der Waals surface area contributed by atoms with Crippen LogP contribution in [0.15, 0.2) is 63.6 Å². The molecule has 0 aromatic heterocycles. The van der Waals surface area contributed by atoms with Crippen molar-refractivity contribution in [3.8, 4) is 0 Å². The van der Waals surface area contributed by atoms with Crippen molar-refractivity contribution < 1.29 is 14.7 Å². The van der Waals surface area contributed by atoms with Crippen molar-refractivity contribution in [3.63, 3.8) is 0 Å². The maximum atomic E-state index is 13.4. The largest absolute Gasteiger partial charge is 0.480 e. The van der Waals surface area contributed by atoms with Gasteiger partial charge in [-0.15, -0.1) is 0 Å². The minimum absolute atomic E-state index is 0.111. The zero-order chi connectivity index (χ0) is 21.5. The Morgan fingerprint density at radius 2 is 1.87 bits per heavy atom. The predicted octanol–water partition coefficient (Wildman–Crippen LogP) is 5.48. The second-order valence-corrected chi connectivity index (χ2v) is 9.75. The monoisotopic (exact) mass is 465 g/mol. The molecule has 0 amide bonds. The Morgan fingerprint density at radius 1 is 1.13 bits per heavy atom. The number of rotatable bonds is 4. The van der Waals surface area contributed by atoms with Gasteiger partial charge in [-0.3, -0.25) is 9.79 Å². The second kappa shape index (κ2) is 7.95. The maximum absolute atomic E-state index is 13.4. The fraction of sp³-hybridized carbons (Fsp3) is 0.320. The lowest BCUT2D eigenvalue weighted by Gasteiger charge is -2.36. The zero-order valence-corrected chi connectivity index (χ0v) is 18.7. The summed E-state index contributed by atoms with van der Waals surface area (Å²) in [4.78, 5) is 29.9. The van der Waals surface area contributed by atoms with Gasteiger partial charge in [0.1, 0.15) is 5.71 Å². The van der Waals surface area contributed by atoms with Gasteiger partial charge in [0.2, 0.25) is 5.78 Å². The SMILES string of the molecule is CC1(C)CCC2=C(C1)c1ccccc1C(=NC(Cc1cccc(Br)c1)C(=O)O)C2=O. The number of carboxylic acid groups (broad SMARTS) is 1. The number of carboxylic acids is 1. The van der Waals surface area contributed by atoms with Crippen LogP contribution in [0, 0.1) is 5.41 Å². The first-order valence-electron chi connectivity index (χ1n) is 10.2. The molecule has 1 atom stereocenters. The molecule has 0 radical (unpaired) electrons. The van der Waals surface area contributed by atoms with Crippen molar-refractivity contribution in [2.75, 3.05) is 0 Å². The second-order valence-electron chi connectivity index (χ2n) is 8.84. The standard InChI is InChI=1S/C25H24BrNO3/c1-25(2)11-10-19-20(14-25)17-8-3-4-9-18(17)22(23(19)28)27-21(24(29)30)13-15-6-5-7-16(26)12-15/h3-9,12,21H,10-11,13-14H2,1-2H3,(H,29,30). The van der Waals surface area contributed by atoms with Crippen LogP contribution in [0.4, 0.5) is 0 Å². The van der Waals surface area contributed by atoms with Crippen LogP contribution in [0.1, 0.15) is 49.8 Å². The van der Waals surface area contributed by atoms with Crippen molar-refractivity contribution in [2.45, 2.75) is 45.6 Å². The Hall–Kier alpha value is -2.53. The molecular formula is C25H24BrNO3. The van der Waals surface area contributed by atoms with E-state index in [0.29, 0.717) is 6.42 Å². The van der Waals surface area contributed by atoms with E-state index in [2.05, 4.69) is 34.8 Å².